The first-order valence-corrected chi connectivity index (χ1v) is 7.47. The number of benzene rings is 1. The molecule has 2 aliphatic rings. The number of carbonyl (C=O) groups is 1. The molecule has 2 bridgehead atoms. The van der Waals surface area contributed by atoms with Crippen molar-refractivity contribution in [2.24, 2.45) is 5.92 Å². The van der Waals surface area contributed by atoms with E-state index >= 15 is 0 Å². The number of nitrogens with one attached hydrogen (secondary N) is 1. The molecule has 2 nitrogen and oxygen atoms in total. The van der Waals surface area contributed by atoms with E-state index in [4.69, 9.17) is 0 Å². The minimum atomic E-state index is 0.290. The van der Waals surface area contributed by atoms with E-state index in [0.29, 0.717) is 24.3 Å². The molecule has 0 spiro atoms. The number of aryl methyl sites for hydroxylation is 2. The van der Waals surface area contributed by atoms with E-state index in [1.54, 1.807) is 0 Å². The zero-order chi connectivity index (χ0) is 13.4. The molecule has 0 amide bonds. The van der Waals surface area contributed by atoms with Crippen LogP contribution in [0.25, 0.3) is 0 Å². The van der Waals surface area contributed by atoms with E-state index < -0.39 is 0 Å². The van der Waals surface area contributed by atoms with Crippen molar-refractivity contribution in [3.63, 3.8) is 0 Å². The van der Waals surface area contributed by atoms with Gasteiger partial charge in [-0.25, -0.2) is 0 Å². The third-order valence-electron chi connectivity index (χ3n) is 4.92. The van der Waals surface area contributed by atoms with Crippen LogP contribution in [0, 0.1) is 19.8 Å². The Morgan fingerprint density at radius 1 is 1.16 bits per heavy atom. The van der Waals surface area contributed by atoms with Crippen molar-refractivity contribution in [2.45, 2.75) is 58.0 Å². The summed E-state index contributed by atoms with van der Waals surface area (Å²) in [5, 5.41) is 3.61. The van der Waals surface area contributed by atoms with Crippen LogP contribution in [-0.4, -0.2) is 17.9 Å². The standard InChI is InChI=1S/C17H23NO/c1-11-4-3-5-12(2)16(11)10-17(19)13-8-14-6-7-15(9-13)18-14/h3-5,13-15,18H,6-10H2,1-2H3. The Morgan fingerprint density at radius 2 is 1.74 bits per heavy atom. The van der Waals surface area contributed by atoms with Gasteiger partial charge in [0.25, 0.3) is 0 Å². The van der Waals surface area contributed by atoms with Crippen LogP contribution in [0.15, 0.2) is 18.2 Å². The SMILES string of the molecule is Cc1cccc(C)c1CC(=O)C1CC2CCC(C1)N2. The fourth-order valence-corrected chi connectivity index (χ4v) is 3.77. The molecule has 2 heteroatoms. The van der Waals surface area contributed by atoms with Gasteiger partial charge >= 0.3 is 0 Å². The molecule has 19 heavy (non-hydrogen) atoms. The number of hydrogen-bond acceptors (Lipinski definition) is 2. The molecule has 0 aromatic heterocycles. The minimum absolute atomic E-state index is 0.290. The van der Waals surface area contributed by atoms with Crippen molar-refractivity contribution in [3.05, 3.63) is 34.9 Å². The van der Waals surface area contributed by atoms with Gasteiger partial charge in [0.1, 0.15) is 5.78 Å². The Labute approximate surface area is 115 Å². The van der Waals surface area contributed by atoms with Crippen LogP contribution in [0.4, 0.5) is 0 Å². The van der Waals surface area contributed by atoms with Gasteiger partial charge in [0.15, 0.2) is 0 Å². The lowest BCUT2D eigenvalue weighted by atomic mass is 9.85. The minimum Gasteiger partial charge on any atom is -0.311 e. The van der Waals surface area contributed by atoms with Crippen molar-refractivity contribution in [3.8, 4) is 0 Å². The second kappa shape index (κ2) is 5.09. The second-order valence-electron chi connectivity index (χ2n) is 6.32. The molecule has 0 aliphatic carbocycles. The molecule has 2 fully saturated rings. The quantitative estimate of drug-likeness (QED) is 0.902. The molecule has 0 radical (unpaired) electrons. The molecule has 1 aromatic carbocycles. The summed E-state index contributed by atoms with van der Waals surface area (Å²) in [6.45, 7) is 4.23. The summed E-state index contributed by atoms with van der Waals surface area (Å²) < 4.78 is 0. The normalized spacial score (nSPS) is 29.5. The van der Waals surface area contributed by atoms with Crippen molar-refractivity contribution in [1.29, 1.82) is 0 Å². The smallest absolute Gasteiger partial charge is 0.140 e. The van der Waals surface area contributed by atoms with Gasteiger partial charge in [0.2, 0.25) is 0 Å². The van der Waals surface area contributed by atoms with Crippen LogP contribution in [0.3, 0.4) is 0 Å². The van der Waals surface area contributed by atoms with Gasteiger partial charge in [0.05, 0.1) is 0 Å². The van der Waals surface area contributed by atoms with Gasteiger partial charge in [0, 0.05) is 24.4 Å². The third-order valence-corrected chi connectivity index (χ3v) is 4.92. The van der Waals surface area contributed by atoms with Crippen LogP contribution >= 0.6 is 0 Å². The van der Waals surface area contributed by atoms with Crippen LogP contribution in [0.1, 0.15) is 42.4 Å². The van der Waals surface area contributed by atoms with E-state index in [2.05, 4.69) is 37.4 Å². The summed E-state index contributed by atoms with van der Waals surface area (Å²) in [6, 6.07) is 7.50. The highest BCUT2D eigenvalue weighted by Crippen LogP contribution is 2.32. The first kappa shape index (κ1) is 12.9. The number of piperidine rings is 1. The largest absolute Gasteiger partial charge is 0.311 e. The van der Waals surface area contributed by atoms with Gasteiger partial charge in [-0.1, -0.05) is 18.2 Å². The molecular formula is C17H23NO. The van der Waals surface area contributed by atoms with Gasteiger partial charge in [-0.15, -0.1) is 0 Å². The molecule has 2 atom stereocenters. The fourth-order valence-electron chi connectivity index (χ4n) is 3.77. The van der Waals surface area contributed by atoms with E-state index in [9.17, 15) is 4.79 Å². The van der Waals surface area contributed by atoms with Gasteiger partial charge in [-0.3, -0.25) is 4.79 Å². The topological polar surface area (TPSA) is 29.1 Å². The molecule has 1 aromatic rings. The van der Waals surface area contributed by atoms with Crippen molar-refractivity contribution in [1.82, 2.24) is 5.32 Å². The first-order chi connectivity index (χ1) is 9.13. The summed E-state index contributed by atoms with van der Waals surface area (Å²) in [4.78, 5) is 12.6. The van der Waals surface area contributed by atoms with Gasteiger partial charge in [-0.2, -0.15) is 0 Å². The summed E-state index contributed by atoms with van der Waals surface area (Å²) >= 11 is 0. The zero-order valence-electron chi connectivity index (χ0n) is 11.9. The molecule has 3 rings (SSSR count). The number of rotatable bonds is 3. The van der Waals surface area contributed by atoms with Crippen LogP contribution in [-0.2, 0) is 11.2 Å². The van der Waals surface area contributed by atoms with Crippen LogP contribution in [0.5, 0.6) is 0 Å². The Bertz CT molecular complexity index is 462. The van der Waals surface area contributed by atoms with Crippen molar-refractivity contribution < 1.29 is 4.79 Å². The average molecular weight is 257 g/mol. The van der Waals surface area contributed by atoms with Gasteiger partial charge in [-0.05, 0) is 56.2 Å². The van der Waals surface area contributed by atoms with Crippen molar-refractivity contribution >= 4 is 5.78 Å². The maximum Gasteiger partial charge on any atom is 0.140 e. The summed E-state index contributed by atoms with van der Waals surface area (Å²) in [6.07, 6.45) is 5.26. The predicted molar refractivity (Wildman–Crippen MR) is 77.3 cm³/mol. The highest BCUT2D eigenvalue weighted by molar-refractivity contribution is 5.84. The van der Waals surface area contributed by atoms with Crippen molar-refractivity contribution in [2.75, 3.05) is 0 Å². The number of carbonyl (C=O) groups excluding carboxylic acids is 1. The van der Waals surface area contributed by atoms with Crippen LogP contribution < -0.4 is 5.32 Å². The van der Waals surface area contributed by atoms with E-state index in [1.165, 1.54) is 29.5 Å². The highest BCUT2D eigenvalue weighted by Gasteiger charge is 2.36. The predicted octanol–water partition coefficient (Wildman–Crippen LogP) is 2.95. The third kappa shape index (κ3) is 2.59. The Hall–Kier alpha value is -1.15. The molecule has 2 heterocycles. The summed E-state index contributed by atoms with van der Waals surface area (Å²) in [5.41, 5.74) is 3.76. The molecule has 102 valence electrons. The maximum atomic E-state index is 12.6. The molecule has 2 saturated heterocycles. The van der Waals surface area contributed by atoms with E-state index in [0.717, 1.165) is 12.8 Å². The molecule has 2 aliphatic heterocycles. The number of fused-ring (bicyclic) bond motifs is 2. The average Bonchev–Trinajstić information content (AvgIpc) is 2.72. The number of hydrogen-bond donors (Lipinski definition) is 1. The Kier molecular flexibility index (Phi) is 3.44. The first-order valence-electron chi connectivity index (χ1n) is 7.47. The lowest BCUT2D eigenvalue weighted by Crippen LogP contribution is -2.41. The summed E-state index contributed by atoms with van der Waals surface area (Å²) in [5.74, 6) is 0.744. The lowest BCUT2D eigenvalue weighted by Gasteiger charge is -2.28. The number of Topliss-reactive ketones (excluding diaryl/α,β-unsaturated/α-hetero) is 1. The molecule has 2 unspecified atom stereocenters. The molecule has 1 N–H and O–H groups in total. The lowest BCUT2D eigenvalue weighted by molar-refractivity contribution is -0.123. The van der Waals surface area contributed by atoms with Crippen LogP contribution in [0.2, 0.25) is 0 Å². The Balaban J connectivity index is 1.71. The monoisotopic (exact) mass is 257 g/mol. The van der Waals surface area contributed by atoms with Gasteiger partial charge < -0.3 is 5.32 Å². The molecule has 0 saturated carbocycles. The van der Waals surface area contributed by atoms with E-state index in [1.807, 2.05) is 0 Å². The molecular weight excluding hydrogens is 234 g/mol. The zero-order valence-corrected chi connectivity index (χ0v) is 11.9. The fraction of sp³-hybridized carbons (Fsp3) is 0.588. The Morgan fingerprint density at radius 3 is 2.32 bits per heavy atom. The summed E-state index contributed by atoms with van der Waals surface area (Å²) in [7, 11) is 0. The highest BCUT2D eigenvalue weighted by atomic mass is 16.1. The number of ketones is 1. The van der Waals surface area contributed by atoms with E-state index in [-0.39, 0.29) is 5.92 Å². The second-order valence-corrected chi connectivity index (χ2v) is 6.32. The maximum absolute atomic E-state index is 12.6.